The van der Waals surface area contributed by atoms with Gasteiger partial charge in [-0.3, -0.25) is 15.0 Å². The van der Waals surface area contributed by atoms with Gasteiger partial charge in [0.2, 0.25) is 5.88 Å². The topological polar surface area (TPSA) is 121 Å². The molecular weight excluding hydrogens is 406 g/mol. The zero-order valence-electron chi connectivity index (χ0n) is 17.7. The summed E-state index contributed by atoms with van der Waals surface area (Å²) >= 11 is 0. The molecular formula is C21H23N3O7. The number of carbonyl (C=O) groups excluding carboxylic acids is 2. The molecule has 0 bridgehead atoms. The molecule has 10 heteroatoms. The largest absolute Gasteiger partial charge is 0.464 e. The summed E-state index contributed by atoms with van der Waals surface area (Å²) in [5, 5.41) is 10.8. The van der Waals surface area contributed by atoms with Crippen molar-refractivity contribution in [1.82, 2.24) is 4.98 Å². The summed E-state index contributed by atoms with van der Waals surface area (Å²) in [6.45, 7) is 7.10. The van der Waals surface area contributed by atoms with E-state index in [9.17, 15) is 19.7 Å². The third-order valence-corrected chi connectivity index (χ3v) is 4.34. The fraction of sp³-hybridized carbons (Fsp3) is 0.381. The standard InChI is InChI=1S/C21H23N3O7/c1-5-29-19(25)17-10-13-6-8-15(30-18-9-7-14(12-22-18)24(27)28)11-16(13)23(17)20(26)31-21(2,3)4/h6-9,11-12,17H,5,10H2,1-4H3. The van der Waals surface area contributed by atoms with Gasteiger partial charge < -0.3 is 14.2 Å². The predicted molar refractivity (Wildman–Crippen MR) is 110 cm³/mol. The summed E-state index contributed by atoms with van der Waals surface area (Å²) in [6.07, 6.45) is 0.700. The number of benzene rings is 1. The van der Waals surface area contributed by atoms with E-state index in [1.807, 2.05) is 0 Å². The molecule has 1 aliphatic rings. The molecule has 2 aromatic rings. The minimum atomic E-state index is -0.849. The number of hydrogen-bond acceptors (Lipinski definition) is 8. The van der Waals surface area contributed by atoms with Crippen molar-refractivity contribution in [2.24, 2.45) is 0 Å². The summed E-state index contributed by atoms with van der Waals surface area (Å²) in [7, 11) is 0. The lowest BCUT2D eigenvalue weighted by atomic mass is 10.1. The number of fused-ring (bicyclic) bond motifs is 1. The average Bonchev–Trinajstić information content (AvgIpc) is 3.06. The lowest BCUT2D eigenvalue weighted by Crippen LogP contribution is -2.46. The number of amides is 1. The second-order valence-corrected chi connectivity index (χ2v) is 7.83. The van der Waals surface area contributed by atoms with Crippen molar-refractivity contribution < 1.29 is 28.7 Å². The van der Waals surface area contributed by atoms with E-state index >= 15 is 0 Å². The van der Waals surface area contributed by atoms with Gasteiger partial charge in [0.1, 0.15) is 23.6 Å². The van der Waals surface area contributed by atoms with E-state index in [-0.39, 0.29) is 24.6 Å². The van der Waals surface area contributed by atoms with Gasteiger partial charge in [-0.2, -0.15) is 0 Å². The Balaban J connectivity index is 1.90. The first-order valence-electron chi connectivity index (χ1n) is 9.69. The fourth-order valence-electron chi connectivity index (χ4n) is 3.10. The van der Waals surface area contributed by atoms with Crippen molar-refractivity contribution in [3.8, 4) is 11.6 Å². The number of nitrogens with zero attached hydrogens (tertiary/aromatic N) is 3. The Morgan fingerprint density at radius 2 is 2.00 bits per heavy atom. The highest BCUT2D eigenvalue weighted by Crippen LogP contribution is 2.37. The maximum absolute atomic E-state index is 12.9. The second-order valence-electron chi connectivity index (χ2n) is 7.83. The van der Waals surface area contributed by atoms with Gasteiger partial charge in [0, 0.05) is 24.6 Å². The van der Waals surface area contributed by atoms with Crippen LogP contribution in [-0.4, -0.2) is 40.2 Å². The predicted octanol–water partition coefficient (Wildman–Crippen LogP) is 4.01. The Labute approximate surface area is 178 Å². The first kappa shape index (κ1) is 22.0. The molecule has 1 aliphatic heterocycles. The normalized spacial score (nSPS) is 15.2. The highest BCUT2D eigenvalue weighted by molar-refractivity contribution is 5.99. The maximum atomic E-state index is 12.9. The second kappa shape index (κ2) is 8.58. The van der Waals surface area contributed by atoms with Crippen LogP contribution in [-0.2, 0) is 20.7 Å². The van der Waals surface area contributed by atoms with Gasteiger partial charge >= 0.3 is 12.1 Å². The number of aromatic nitrogens is 1. The van der Waals surface area contributed by atoms with Crippen LogP contribution in [0.2, 0.25) is 0 Å². The van der Waals surface area contributed by atoms with E-state index in [2.05, 4.69) is 4.98 Å². The van der Waals surface area contributed by atoms with E-state index in [1.54, 1.807) is 45.9 Å². The van der Waals surface area contributed by atoms with Gasteiger partial charge in [-0.15, -0.1) is 0 Å². The lowest BCUT2D eigenvalue weighted by molar-refractivity contribution is -0.385. The van der Waals surface area contributed by atoms with Gasteiger partial charge in [0.25, 0.3) is 5.69 Å². The van der Waals surface area contributed by atoms with Gasteiger partial charge in [0.15, 0.2) is 0 Å². The number of hydrogen-bond donors (Lipinski definition) is 0. The zero-order chi connectivity index (χ0) is 22.8. The summed E-state index contributed by atoms with van der Waals surface area (Å²) in [5.74, 6) is -0.0310. The summed E-state index contributed by atoms with van der Waals surface area (Å²) < 4.78 is 16.3. The number of rotatable bonds is 5. The average molecular weight is 429 g/mol. The molecule has 0 saturated heterocycles. The van der Waals surface area contributed by atoms with E-state index in [0.29, 0.717) is 11.4 Å². The van der Waals surface area contributed by atoms with Gasteiger partial charge in [-0.1, -0.05) is 6.07 Å². The molecule has 1 atom stereocenters. The Morgan fingerprint density at radius 1 is 1.26 bits per heavy atom. The van der Waals surface area contributed by atoms with Crippen LogP contribution < -0.4 is 9.64 Å². The van der Waals surface area contributed by atoms with Crippen LogP contribution >= 0.6 is 0 Å². The first-order chi connectivity index (χ1) is 14.6. The molecule has 1 aromatic heterocycles. The van der Waals surface area contributed by atoms with Gasteiger partial charge in [0.05, 0.1) is 17.2 Å². The van der Waals surface area contributed by atoms with Crippen molar-refractivity contribution in [2.45, 2.75) is 45.8 Å². The van der Waals surface area contributed by atoms with Crippen LogP contribution in [0.15, 0.2) is 36.5 Å². The molecule has 1 amide bonds. The molecule has 3 rings (SSSR count). The zero-order valence-corrected chi connectivity index (χ0v) is 17.7. The number of anilines is 1. The van der Waals surface area contributed by atoms with Crippen LogP contribution in [0.5, 0.6) is 11.6 Å². The minimum absolute atomic E-state index is 0.148. The number of ether oxygens (including phenoxy) is 3. The Hall–Kier alpha value is -3.69. The van der Waals surface area contributed by atoms with Gasteiger partial charge in [-0.25, -0.2) is 14.6 Å². The fourth-order valence-corrected chi connectivity index (χ4v) is 3.10. The Morgan fingerprint density at radius 3 is 2.58 bits per heavy atom. The lowest BCUT2D eigenvalue weighted by Gasteiger charge is -2.28. The quantitative estimate of drug-likeness (QED) is 0.397. The summed E-state index contributed by atoms with van der Waals surface area (Å²) in [5.41, 5.74) is 0.310. The minimum Gasteiger partial charge on any atom is -0.464 e. The van der Waals surface area contributed by atoms with Crippen molar-refractivity contribution in [2.75, 3.05) is 11.5 Å². The number of esters is 1. The molecule has 10 nitrogen and oxygen atoms in total. The molecule has 0 fully saturated rings. The number of nitro groups is 1. The molecule has 31 heavy (non-hydrogen) atoms. The van der Waals surface area contributed by atoms with E-state index in [0.717, 1.165) is 11.8 Å². The highest BCUT2D eigenvalue weighted by atomic mass is 16.6. The SMILES string of the molecule is CCOC(=O)C1Cc2ccc(Oc3ccc([N+](=O)[O-])cn3)cc2N1C(=O)OC(C)(C)C. The third kappa shape index (κ3) is 5.08. The molecule has 2 heterocycles. The summed E-state index contributed by atoms with van der Waals surface area (Å²) in [6, 6.07) is 6.81. The van der Waals surface area contributed by atoms with E-state index in [4.69, 9.17) is 14.2 Å². The van der Waals surface area contributed by atoms with E-state index < -0.39 is 28.6 Å². The molecule has 0 radical (unpaired) electrons. The van der Waals surface area contributed by atoms with Crippen LogP contribution in [0, 0.1) is 10.1 Å². The Kier molecular flexibility index (Phi) is 6.09. The first-order valence-corrected chi connectivity index (χ1v) is 9.69. The molecule has 0 aliphatic carbocycles. The number of pyridine rings is 1. The molecule has 164 valence electrons. The molecule has 0 N–H and O–H groups in total. The molecule has 0 spiro atoms. The van der Waals surface area contributed by atoms with Crippen molar-refractivity contribution in [3.05, 3.63) is 52.2 Å². The summed E-state index contributed by atoms with van der Waals surface area (Å²) in [4.78, 5) is 40.8. The third-order valence-electron chi connectivity index (χ3n) is 4.34. The smallest absolute Gasteiger partial charge is 0.415 e. The molecule has 0 saturated carbocycles. The Bertz CT molecular complexity index is 999. The van der Waals surface area contributed by atoms with Crippen molar-refractivity contribution in [3.63, 3.8) is 0 Å². The van der Waals surface area contributed by atoms with Crippen LogP contribution in [0.4, 0.5) is 16.2 Å². The van der Waals surface area contributed by atoms with Crippen LogP contribution in [0.1, 0.15) is 33.3 Å². The van der Waals surface area contributed by atoms with E-state index in [1.165, 1.54) is 17.0 Å². The molecule has 1 unspecified atom stereocenters. The van der Waals surface area contributed by atoms with Crippen molar-refractivity contribution >= 4 is 23.4 Å². The highest BCUT2D eigenvalue weighted by Gasteiger charge is 2.41. The van der Waals surface area contributed by atoms with Crippen molar-refractivity contribution in [1.29, 1.82) is 0 Å². The maximum Gasteiger partial charge on any atom is 0.415 e. The van der Waals surface area contributed by atoms with Crippen LogP contribution in [0.3, 0.4) is 0 Å². The van der Waals surface area contributed by atoms with Gasteiger partial charge in [-0.05, 0) is 39.3 Å². The molecule has 1 aromatic carbocycles. The monoisotopic (exact) mass is 429 g/mol. The number of carbonyl (C=O) groups is 2. The van der Waals surface area contributed by atoms with Crippen LogP contribution in [0.25, 0.3) is 0 Å².